The first-order chi connectivity index (χ1) is 35.3. The van der Waals surface area contributed by atoms with E-state index in [1.807, 2.05) is 12.3 Å². The monoisotopic (exact) mass is 948 g/mol. The van der Waals surface area contributed by atoms with Gasteiger partial charge < -0.3 is 4.74 Å². The molecule has 4 heterocycles. The first-order valence-electron chi connectivity index (χ1n) is 26.1. The first kappa shape index (κ1) is 44.9. The molecule has 0 fully saturated rings. The quantitative estimate of drug-likeness (QED) is 0.127. The summed E-state index contributed by atoms with van der Waals surface area (Å²) in [4.78, 5) is 4.92. The third-order valence-corrected chi connectivity index (χ3v) is 16.1. The predicted molar refractivity (Wildman–Crippen MR) is 301 cm³/mol. The number of nitrogens with zero attached hydrogens (tertiary/aromatic N) is 4. The van der Waals surface area contributed by atoms with Crippen LogP contribution in [-0.4, -0.2) is 14.1 Å². The molecule has 2 aliphatic rings. The standard InChI is InChI=1S/C68H60N4O/c1-66(2,3)45-35-38-69-63(40-45)72-60-29-13-12-25-54(60)55-33-32-48(42-62(55)72)73-47-20-16-19-46(41-47)70-43-71-64-49(44-31-34-58-59(39-44)68(6,7)37-15-14-36-67(58,4)5)26-17-27-56(64)52-23-10-8-21-50(52)51-22-9-11-24-53(51)57-28-18-30-61(70)65(57)71/h8-13,16-35,38-42H,14-15,36-37H2,1-7H3. The maximum absolute atomic E-state index is 6.90. The van der Waals surface area contributed by atoms with Gasteiger partial charge in [-0.3, -0.25) is 13.7 Å². The molecule has 13 rings (SSSR count). The number of hydrogen-bond acceptors (Lipinski definition) is 2. The number of pyridine rings is 1. The molecule has 1 aliphatic carbocycles. The summed E-state index contributed by atoms with van der Waals surface area (Å²) in [6.45, 7) is 16.5. The van der Waals surface area contributed by atoms with Crippen LogP contribution >= 0.6 is 0 Å². The van der Waals surface area contributed by atoms with Crippen LogP contribution < -0.4 is 9.30 Å². The Balaban J connectivity index is 0.998. The third kappa shape index (κ3) is 7.42. The van der Waals surface area contributed by atoms with Gasteiger partial charge in [-0.2, -0.15) is 0 Å². The van der Waals surface area contributed by atoms with E-state index in [0.717, 1.165) is 67.3 Å². The summed E-state index contributed by atoms with van der Waals surface area (Å²) >= 11 is 0. The van der Waals surface area contributed by atoms with E-state index in [0.29, 0.717) is 0 Å². The van der Waals surface area contributed by atoms with Gasteiger partial charge in [0.25, 0.3) is 6.33 Å². The largest absolute Gasteiger partial charge is 0.458 e. The summed E-state index contributed by atoms with van der Waals surface area (Å²) < 4.78 is 13.8. The second-order valence-electron chi connectivity index (χ2n) is 22.8. The van der Waals surface area contributed by atoms with Crippen molar-refractivity contribution in [3.63, 3.8) is 0 Å². The minimum absolute atomic E-state index is 0.0221. The molecule has 0 spiro atoms. The van der Waals surface area contributed by atoms with Gasteiger partial charge >= 0.3 is 0 Å². The second-order valence-corrected chi connectivity index (χ2v) is 22.8. The van der Waals surface area contributed by atoms with E-state index >= 15 is 0 Å². The Morgan fingerprint density at radius 2 is 1.12 bits per heavy atom. The molecule has 1 aliphatic heterocycles. The summed E-state index contributed by atoms with van der Waals surface area (Å²) in [5, 5.41) is 2.33. The summed E-state index contributed by atoms with van der Waals surface area (Å²) in [7, 11) is 0. The lowest BCUT2D eigenvalue weighted by atomic mass is 9.67. The van der Waals surface area contributed by atoms with Gasteiger partial charge in [-0.1, -0.05) is 189 Å². The highest BCUT2D eigenvalue weighted by Gasteiger charge is 2.34. The highest BCUT2D eigenvalue weighted by atomic mass is 16.5. The number of aromatic nitrogens is 4. The minimum Gasteiger partial charge on any atom is -0.458 e. The summed E-state index contributed by atoms with van der Waals surface area (Å²) in [5.41, 5.74) is 20.1. The molecule has 0 N–H and O–H groups in total. The molecule has 0 unspecified atom stereocenters. The van der Waals surface area contributed by atoms with Gasteiger partial charge in [-0.05, 0) is 139 Å². The zero-order valence-corrected chi connectivity index (χ0v) is 42.9. The number of hydrogen-bond donors (Lipinski definition) is 0. The smallest absolute Gasteiger partial charge is 0.269 e. The van der Waals surface area contributed by atoms with Crippen molar-refractivity contribution in [1.29, 1.82) is 0 Å². The summed E-state index contributed by atoms with van der Waals surface area (Å²) in [5.74, 6) is 2.37. The van der Waals surface area contributed by atoms with Crippen LogP contribution in [-0.2, 0) is 16.2 Å². The van der Waals surface area contributed by atoms with Gasteiger partial charge in [-0.15, -0.1) is 0 Å². The lowest BCUT2D eigenvalue weighted by molar-refractivity contribution is -0.570. The highest BCUT2D eigenvalue weighted by Crippen LogP contribution is 2.48. The zero-order valence-electron chi connectivity index (χ0n) is 42.9. The van der Waals surface area contributed by atoms with Crippen LogP contribution in [0.3, 0.4) is 0 Å². The minimum atomic E-state index is -0.0221. The Labute approximate surface area is 429 Å². The van der Waals surface area contributed by atoms with Gasteiger partial charge in [-0.25, -0.2) is 4.98 Å². The Bertz CT molecular complexity index is 4010. The Hall–Kier alpha value is -8.02. The molecule has 0 radical (unpaired) electrons. The van der Waals surface area contributed by atoms with Crippen LogP contribution in [0, 0.1) is 6.33 Å². The lowest BCUT2D eigenvalue weighted by Crippen LogP contribution is -2.32. The predicted octanol–water partition coefficient (Wildman–Crippen LogP) is 17.4. The molecule has 0 saturated carbocycles. The molecule has 11 aromatic rings. The van der Waals surface area contributed by atoms with Gasteiger partial charge in [0.1, 0.15) is 17.3 Å². The number of fused-ring (bicyclic) bond motifs is 11. The van der Waals surface area contributed by atoms with Gasteiger partial charge in [0.15, 0.2) is 0 Å². The number of benzene rings is 8. The van der Waals surface area contributed by atoms with Crippen molar-refractivity contribution in [2.24, 2.45) is 0 Å². The third-order valence-electron chi connectivity index (χ3n) is 16.1. The average Bonchev–Trinajstić information content (AvgIpc) is 3.96. The number of imidazole rings is 1. The fourth-order valence-corrected chi connectivity index (χ4v) is 12.2. The Morgan fingerprint density at radius 1 is 0.521 bits per heavy atom. The first-order valence-corrected chi connectivity index (χ1v) is 26.1. The molecule has 3 aromatic heterocycles. The van der Waals surface area contributed by atoms with Crippen LogP contribution in [0.25, 0.3) is 94.5 Å². The van der Waals surface area contributed by atoms with Crippen LogP contribution in [0.4, 0.5) is 0 Å². The second kappa shape index (κ2) is 16.8. The molecule has 0 saturated heterocycles. The fourth-order valence-electron chi connectivity index (χ4n) is 12.2. The van der Waals surface area contributed by atoms with E-state index in [2.05, 4.69) is 244 Å². The van der Waals surface area contributed by atoms with Crippen LogP contribution in [0.15, 0.2) is 188 Å². The topological polar surface area (TPSA) is 35.9 Å². The van der Waals surface area contributed by atoms with Crippen molar-refractivity contribution in [1.82, 2.24) is 14.1 Å². The number of ether oxygens (including phenoxy) is 1. The summed E-state index contributed by atoms with van der Waals surface area (Å²) in [6, 6.07) is 66.6. The Kier molecular flexibility index (Phi) is 10.3. The number of rotatable bonds is 5. The van der Waals surface area contributed by atoms with Crippen molar-refractivity contribution in [3.05, 3.63) is 211 Å². The molecule has 0 bridgehead atoms. The van der Waals surface area contributed by atoms with Crippen molar-refractivity contribution in [2.45, 2.75) is 90.4 Å². The SMILES string of the molecule is CC(C)(C)c1ccnc(-n2c3ccccc3c3ccc(Oc4cccc(-n5[c-][n+]6c7c(cccc75)-c5ccccc5-c5ccccc5-c5cccc(-c7ccc8c(c7)C(C)(C)CCCCC8(C)C)c5-6)c4)cc32)c1. The molecule has 0 amide bonds. The molecule has 5 nitrogen and oxygen atoms in total. The fraction of sp³-hybridized carbons (Fsp3) is 0.206. The van der Waals surface area contributed by atoms with Crippen molar-refractivity contribution in [2.75, 3.05) is 0 Å². The van der Waals surface area contributed by atoms with E-state index in [-0.39, 0.29) is 16.2 Å². The molecule has 0 atom stereocenters. The van der Waals surface area contributed by atoms with Crippen LogP contribution in [0.1, 0.15) is 90.8 Å². The van der Waals surface area contributed by atoms with E-state index in [1.54, 1.807) is 0 Å². The highest BCUT2D eigenvalue weighted by molar-refractivity contribution is 6.09. The molecule has 5 heteroatoms. The van der Waals surface area contributed by atoms with Crippen molar-refractivity contribution < 1.29 is 9.30 Å². The van der Waals surface area contributed by atoms with Crippen molar-refractivity contribution >= 4 is 32.8 Å². The van der Waals surface area contributed by atoms with E-state index < -0.39 is 0 Å². The average molecular weight is 949 g/mol. The van der Waals surface area contributed by atoms with Gasteiger partial charge in [0, 0.05) is 23.0 Å². The van der Waals surface area contributed by atoms with Crippen molar-refractivity contribution in [3.8, 4) is 73.2 Å². The lowest BCUT2D eigenvalue weighted by Gasteiger charge is -2.38. The molecule has 8 aromatic carbocycles. The van der Waals surface area contributed by atoms with Gasteiger partial charge in [0.2, 0.25) is 0 Å². The molecule has 73 heavy (non-hydrogen) atoms. The van der Waals surface area contributed by atoms with Gasteiger partial charge in [0.05, 0.1) is 33.4 Å². The maximum Gasteiger partial charge on any atom is 0.269 e. The molecule has 358 valence electrons. The number of para-hydroxylation sites is 3. The van der Waals surface area contributed by atoms with Crippen LogP contribution in [0.5, 0.6) is 11.5 Å². The van der Waals surface area contributed by atoms with E-state index in [4.69, 9.17) is 9.72 Å². The maximum atomic E-state index is 6.90. The Morgan fingerprint density at radius 3 is 1.89 bits per heavy atom. The molecular weight excluding hydrogens is 889 g/mol. The van der Waals surface area contributed by atoms with E-state index in [1.165, 1.54) is 81.1 Å². The van der Waals surface area contributed by atoms with E-state index in [9.17, 15) is 0 Å². The van der Waals surface area contributed by atoms with Crippen LogP contribution in [0.2, 0.25) is 0 Å². The zero-order chi connectivity index (χ0) is 49.8. The summed E-state index contributed by atoms with van der Waals surface area (Å²) in [6.07, 6.45) is 10.8. The normalized spacial score (nSPS) is 14.8. The molecular formula is C68H60N4O.